The van der Waals surface area contributed by atoms with Gasteiger partial charge < -0.3 is 15.5 Å². The zero-order valence-corrected chi connectivity index (χ0v) is 8.47. The predicted octanol–water partition coefficient (Wildman–Crippen LogP) is 0.820. The largest absolute Gasteiger partial charge is 0.476 e. The van der Waals surface area contributed by atoms with Gasteiger partial charge in [0.2, 0.25) is 0 Å². The molecule has 0 aliphatic rings. The Morgan fingerprint density at radius 2 is 2.40 bits per heavy atom. The number of aliphatic hydroxyl groups is 1. The third-order valence-corrected chi connectivity index (χ3v) is 1.96. The van der Waals surface area contributed by atoms with Crippen LogP contribution in [-0.4, -0.2) is 34.3 Å². The molecule has 0 aromatic carbocycles. The Labute approximate surface area is 87.8 Å². The van der Waals surface area contributed by atoms with Crippen molar-refractivity contribution in [3.05, 3.63) is 24.0 Å². The van der Waals surface area contributed by atoms with Gasteiger partial charge in [-0.2, -0.15) is 0 Å². The number of nitrogens with zero attached hydrogens (tertiary/aromatic N) is 1. The molecule has 1 atom stereocenters. The fourth-order valence-corrected chi connectivity index (χ4v) is 1.07. The summed E-state index contributed by atoms with van der Waals surface area (Å²) in [6.07, 6.45) is 1.43. The summed E-state index contributed by atoms with van der Waals surface area (Å²) in [4.78, 5) is 14.5. The number of aromatic nitrogens is 1. The summed E-state index contributed by atoms with van der Waals surface area (Å²) in [5.41, 5.74) is 0.480. The predicted molar refractivity (Wildman–Crippen MR) is 55.9 cm³/mol. The summed E-state index contributed by atoms with van der Waals surface area (Å²) in [7, 11) is 0. The van der Waals surface area contributed by atoms with Crippen molar-refractivity contribution in [2.45, 2.75) is 6.92 Å². The highest BCUT2D eigenvalue weighted by Crippen LogP contribution is 2.12. The lowest BCUT2D eigenvalue weighted by Gasteiger charge is -2.11. The van der Waals surface area contributed by atoms with Crippen LogP contribution < -0.4 is 5.32 Å². The molecule has 0 saturated heterocycles. The minimum absolute atomic E-state index is 0.00244. The monoisotopic (exact) mass is 210 g/mol. The minimum atomic E-state index is -1.06. The molecule has 1 rings (SSSR count). The highest BCUT2D eigenvalue weighted by molar-refractivity contribution is 5.91. The number of pyridine rings is 1. The zero-order valence-electron chi connectivity index (χ0n) is 8.47. The molecule has 1 aromatic rings. The van der Waals surface area contributed by atoms with Crippen LogP contribution in [0.3, 0.4) is 0 Å². The summed E-state index contributed by atoms with van der Waals surface area (Å²) in [5, 5.41) is 20.6. The van der Waals surface area contributed by atoms with Crippen molar-refractivity contribution < 1.29 is 15.0 Å². The molecule has 0 spiro atoms. The molecule has 5 nitrogen and oxygen atoms in total. The van der Waals surface area contributed by atoms with Gasteiger partial charge in [0.1, 0.15) is 0 Å². The summed E-state index contributed by atoms with van der Waals surface area (Å²) in [6, 6.07) is 3.32. The van der Waals surface area contributed by atoms with Gasteiger partial charge in [0.05, 0.1) is 5.69 Å². The van der Waals surface area contributed by atoms with Gasteiger partial charge in [0, 0.05) is 19.3 Å². The molecular formula is C10H14N2O3. The van der Waals surface area contributed by atoms with Crippen molar-refractivity contribution in [1.82, 2.24) is 4.98 Å². The van der Waals surface area contributed by atoms with Crippen molar-refractivity contribution in [3.8, 4) is 0 Å². The fourth-order valence-electron chi connectivity index (χ4n) is 1.07. The van der Waals surface area contributed by atoms with E-state index in [9.17, 15) is 4.79 Å². The van der Waals surface area contributed by atoms with Crippen molar-refractivity contribution in [1.29, 1.82) is 0 Å². The van der Waals surface area contributed by atoms with Gasteiger partial charge in [-0.1, -0.05) is 6.92 Å². The van der Waals surface area contributed by atoms with Crippen LogP contribution in [0.5, 0.6) is 0 Å². The molecule has 0 saturated carbocycles. The van der Waals surface area contributed by atoms with E-state index in [0.29, 0.717) is 12.2 Å². The Morgan fingerprint density at radius 1 is 1.67 bits per heavy atom. The molecule has 0 radical (unpaired) electrons. The van der Waals surface area contributed by atoms with Crippen LogP contribution in [0.4, 0.5) is 5.69 Å². The lowest BCUT2D eigenvalue weighted by atomic mass is 10.2. The molecule has 0 bridgehead atoms. The Balaban J connectivity index is 2.72. The first-order valence-electron chi connectivity index (χ1n) is 4.68. The molecule has 5 heteroatoms. The number of aliphatic hydroxyl groups excluding tert-OH is 1. The number of carboxylic acids is 1. The summed E-state index contributed by atoms with van der Waals surface area (Å²) in [5.74, 6) is -0.985. The summed E-state index contributed by atoms with van der Waals surface area (Å²) in [6.45, 7) is 2.45. The molecule has 1 heterocycles. The molecule has 1 aromatic heterocycles. The average Bonchev–Trinajstić information content (AvgIpc) is 2.26. The average molecular weight is 210 g/mol. The number of rotatable bonds is 5. The number of carbonyl (C=O) groups is 1. The molecule has 0 aliphatic carbocycles. The molecule has 0 fully saturated rings. The molecule has 15 heavy (non-hydrogen) atoms. The number of hydrogen-bond acceptors (Lipinski definition) is 4. The number of hydrogen-bond donors (Lipinski definition) is 3. The van der Waals surface area contributed by atoms with Crippen molar-refractivity contribution in [3.63, 3.8) is 0 Å². The first-order chi connectivity index (χ1) is 7.15. The first kappa shape index (κ1) is 11.5. The van der Waals surface area contributed by atoms with Crippen LogP contribution in [0.25, 0.3) is 0 Å². The van der Waals surface area contributed by atoms with Crippen molar-refractivity contribution in [2.24, 2.45) is 5.92 Å². The molecule has 82 valence electrons. The molecule has 0 amide bonds. The zero-order chi connectivity index (χ0) is 11.3. The van der Waals surface area contributed by atoms with Crippen molar-refractivity contribution in [2.75, 3.05) is 18.5 Å². The maximum atomic E-state index is 10.8. The van der Waals surface area contributed by atoms with Gasteiger partial charge in [-0.05, 0) is 18.1 Å². The van der Waals surface area contributed by atoms with Crippen LogP contribution in [0.2, 0.25) is 0 Å². The first-order valence-corrected chi connectivity index (χ1v) is 4.68. The standard InChI is InChI=1S/C10H14N2O3/c1-7(6-13)5-12-8-3-2-4-11-9(8)10(14)15/h2-4,7,12-13H,5-6H2,1H3,(H,14,15). The van der Waals surface area contributed by atoms with Crippen LogP contribution in [0.1, 0.15) is 17.4 Å². The second-order valence-electron chi connectivity index (χ2n) is 3.37. The van der Waals surface area contributed by atoms with E-state index >= 15 is 0 Å². The normalized spacial score (nSPS) is 12.1. The van der Waals surface area contributed by atoms with Crippen LogP contribution in [0, 0.1) is 5.92 Å². The van der Waals surface area contributed by atoms with Gasteiger partial charge >= 0.3 is 5.97 Å². The van der Waals surface area contributed by atoms with Crippen LogP contribution in [-0.2, 0) is 0 Å². The lowest BCUT2D eigenvalue weighted by molar-refractivity contribution is 0.0691. The quantitative estimate of drug-likeness (QED) is 0.670. The Hall–Kier alpha value is -1.62. The summed E-state index contributed by atoms with van der Waals surface area (Å²) >= 11 is 0. The maximum Gasteiger partial charge on any atom is 0.356 e. The minimum Gasteiger partial charge on any atom is -0.476 e. The molecule has 1 unspecified atom stereocenters. The molecule has 0 aliphatic heterocycles. The van der Waals surface area contributed by atoms with E-state index in [1.165, 1.54) is 6.20 Å². The van der Waals surface area contributed by atoms with E-state index in [4.69, 9.17) is 10.2 Å². The number of anilines is 1. The van der Waals surface area contributed by atoms with Crippen LogP contribution in [0.15, 0.2) is 18.3 Å². The van der Waals surface area contributed by atoms with Gasteiger partial charge in [-0.3, -0.25) is 0 Å². The van der Waals surface area contributed by atoms with E-state index in [0.717, 1.165) is 0 Å². The number of carboxylic acid groups (broad SMARTS) is 1. The molecular weight excluding hydrogens is 196 g/mol. The highest BCUT2D eigenvalue weighted by atomic mass is 16.4. The Morgan fingerprint density at radius 3 is 3.00 bits per heavy atom. The van der Waals surface area contributed by atoms with Gasteiger partial charge in [-0.15, -0.1) is 0 Å². The lowest BCUT2D eigenvalue weighted by Crippen LogP contribution is -2.16. The second kappa shape index (κ2) is 5.31. The molecule has 3 N–H and O–H groups in total. The topological polar surface area (TPSA) is 82.5 Å². The van der Waals surface area contributed by atoms with E-state index in [2.05, 4.69) is 10.3 Å². The van der Waals surface area contributed by atoms with E-state index < -0.39 is 5.97 Å². The van der Waals surface area contributed by atoms with Gasteiger partial charge in [-0.25, -0.2) is 9.78 Å². The van der Waals surface area contributed by atoms with E-state index in [1.807, 2.05) is 6.92 Å². The Kier molecular flexibility index (Phi) is 4.05. The second-order valence-corrected chi connectivity index (χ2v) is 3.37. The van der Waals surface area contributed by atoms with Gasteiger partial charge in [0.15, 0.2) is 5.69 Å². The smallest absolute Gasteiger partial charge is 0.356 e. The highest BCUT2D eigenvalue weighted by Gasteiger charge is 2.10. The van der Waals surface area contributed by atoms with E-state index in [-0.39, 0.29) is 18.2 Å². The third-order valence-electron chi connectivity index (χ3n) is 1.96. The number of aromatic carboxylic acids is 1. The number of nitrogens with one attached hydrogen (secondary N) is 1. The maximum absolute atomic E-state index is 10.8. The van der Waals surface area contributed by atoms with Crippen molar-refractivity contribution >= 4 is 11.7 Å². The van der Waals surface area contributed by atoms with Crippen LogP contribution >= 0.6 is 0 Å². The van der Waals surface area contributed by atoms with Gasteiger partial charge in [0.25, 0.3) is 0 Å². The third kappa shape index (κ3) is 3.21. The Bertz CT molecular complexity index is 341. The fraction of sp³-hybridized carbons (Fsp3) is 0.400. The summed E-state index contributed by atoms with van der Waals surface area (Å²) < 4.78 is 0. The SMILES string of the molecule is CC(CO)CNc1cccnc1C(=O)O. The van der Waals surface area contributed by atoms with E-state index in [1.54, 1.807) is 12.1 Å².